The van der Waals surface area contributed by atoms with Gasteiger partial charge in [0.1, 0.15) is 17.1 Å². The molecule has 1 aliphatic rings. The number of fused-ring (bicyclic) bond motifs is 1. The second kappa shape index (κ2) is 11.5. The maximum absolute atomic E-state index is 12.5. The van der Waals surface area contributed by atoms with Gasteiger partial charge in [-0.2, -0.15) is 4.98 Å². The molecule has 5 rings (SSSR count). The van der Waals surface area contributed by atoms with Crippen molar-refractivity contribution < 1.29 is 18.7 Å². The molecule has 1 saturated heterocycles. The lowest BCUT2D eigenvalue weighted by Crippen LogP contribution is -2.47. The maximum Gasteiger partial charge on any atom is 0.255 e. The van der Waals surface area contributed by atoms with Crippen LogP contribution >= 0.6 is 0 Å². The zero-order valence-electron chi connectivity index (χ0n) is 22.2. The van der Waals surface area contributed by atoms with E-state index >= 15 is 0 Å². The first-order valence-corrected chi connectivity index (χ1v) is 12.7. The zero-order chi connectivity index (χ0) is 27.4. The highest BCUT2D eigenvalue weighted by Crippen LogP contribution is 2.31. The molecule has 1 aliphatic heterocycles. The first-order valence-electron chi connectivity index (χ1n) is 12.7. The third-order valence-corrected chi connectivity index (χ3v) is 6.51. The monoisotopic (exact) mass is 529 g/mol. The van der Waals surface area contributed by atoms with Gasteiger partial charge in [-0.25, -0.2) is 4.98 Å². The maximum atomic E-state index is 12.5. The molecule has 0 radical (unpaired) electrons. The molecule has 0 spiro atoms. The van der Waals surface area contributed by atoms with E-state index in [1.165, 1.54) is 0 Å². The molecular formula is C28H31N7O4. The number of hydrogen-bond acceptors (Lipinski definition) is 9. The number of benzene rings is 2. The third kappa shape index (κ3) is 6.33. The predicted octanol–water partition coefficient (Wildman–Crippen LogP) is 3.61. The van der Waals surface area contributed by atoms with Crippen molar-refractivity contribution in [3.63, 3.8) is 0 Å². The van der Waals surface area contributed by atoms with Crippen molar-refractivity contribution in [2.24, 2.45) is 0 Å². The van der Waals surface area contributed by atoms with Crippen molar-refractivity contribution >= 4 is 40.1 Å². The van der Waals surface area contributed by atoms with E-state index in [0.717, 1.165) is 31.9 Å². The second-order valence-corrected chi connectivity index (χ2v) is 9.42. The van der Waals surface area contributed by atoms with Crippen molar-refractivity contribution in [2.45, 2.75) is 6.92 Å². The van der Waals surface area contributed by atoms with Crippen LogP contribution in [0.3, 0.4) is 0 Å². The fourth-order valence-corrected chi connectivity index (χ4v) is 4.46. The summed E-state index contributed by atoms with van der Waals surface area (Å²) in [5.41, 5.74) is 2.45. The zero-order valence-corrected chi connectivity index (χ0v) is 22.2. The van der Waals surface area contributed by atoms with Gasteiger partial charge in [0.2, 0.25) is 17.7 Å². The SMILES string of the molecule is CNC(=O)c1c(C)oc2cc(Oc3ccnc(Nc4cccc(NC(=O)CN5CCN(C)CC5)c4)n3)ccc12. The standard InChI is InChI=1S/C28H31N7O4/c1-18-26(27(37)29-2)22-8-7-21(16-23(22)38-18)39-25-9-10-30-28(33-25)32-20-6-4-5-19(15-20)31-24(36)17-35-13-11-34(3)12-14-35/h4-10,15-16H,11-14,17H2,1-3H3,(H,29,37)(H,31,36)(H,30,32,33). The number of rotatable bonds is 8. The summed E-state index contributed by atoms with van der Waals surface area (Å²) in [6, 6.07) is 14.3. The van der Waals surface area contributed by atoms with Crippen LogP contribution in [0.2, 0.25) is 0 Å². The van der Waals surface area contributed by atoms with E-state index in [4.69, 9.17) is 9.15 Å². The van der Waals surface area contributed by atoms with Crippen LogP contribution in [0.15, 0.2) is 59.1 Å². The summed E-state index contributed by atoms with van der Waals surface area (Å²) in [6.45, 7) is 5.81. The third-order valence-electron chi connectivity index (χ3n) is 6.51. The summed E-state index contributed by atoms with van der Waals surface area (Å²) in [6.07, 6.45) is 1.59. The van der Waals surface area contributed by atoms with Gasteiger partial charge in [0.15, 0.2) is 0 Å². The van der Waals surface area contributed by atoms with Crippen LogP contribution in [0.25, 0.3) is 11.0 Å². The van der Waals surface area contributed by atoms with Gasteiger partial charge >= 0.3 is 0 Å². The van der Waals surface area contributed by atoms with Gasteiger partial charge in [0.25, 0.3) is 5.91 Å². The summed E-state index contributed by atoms with van der Waals surface area (Å²) < 4.78 is 11.7. The Balaban J connectivity index is 1.23. The van der Waals surface area contributed by atoms with Gasteiger partial charge in [0, 0.05) is 68.3 Å². The van der Waals surface area contributed by atoms with E-state index in [1.54, 1.807) is 44.4 Å². The lowest BCUT2D eigenvalue weighted by atomic mass is 10.1. The molecule has 11 nitrogen and oxygen atoms in total. The highest BCUT2D eigenvalue weighted by molar-refractivity contribution is 6.07. The number of carbonyl (C=O) groups excluding carboxylic acids is 2. The molecule has 4 aromatic rings. The van der Waals surface area contributed by atoms with Crippen LogP contribution < -0.4 is 20.7 Å². The average Bonchev–Trinajstić information content (AvgIpc) is 3.25. The van der Waals surface area contributed by atoms with E-state index in [0.29, 0.717) is 52.1 Å². The number of aromatic nitrogens is 2. The number of likely N-dealkylation sites (N-methyl/N-ethyl adjacent to an activating group) is 1. The van der Waals surface area contributed by atoms with Gasteiger partial charge in [-0.15, -0.1) is 0 Å². The molecule has 0 atom stereocenters. The molecule has 1 fully saturated rings. The van der Waals surface area contributed by atoms with Crippen molar-refractivity contribution in [3.8, 4) is 11.6 Å². The van der Waals surface area contributed by atoms with Crippen molar-refractivity contribution in [3.05, 3.63) is 66.1 Å². The van der Waals surface area contributed by atoms with Gasteiger partial charge < -0.3 is 30.0 Å². The summed E-state index contributed by atoms with van der Waals surface area (Å²) in [5, 5.41) is 9.47. The summed E-state index contributed by atoms with van der Waals surface area (Å²) in [7, 11) is 3.67. The number of anilines is 3. The van der Waals surface area contributed by atoms with Crippen molar-refractivity contribution in [1.29, 1.82) is 0 Å². The summed E-state index contributed by atoms with van der Waals surface area (Å²) >= 11 is 0. The number of hydrogen-bond donors (Lipinski definition) is 3. The lowest BCUT2D eigenvalue weighted by Gasteiger charge is -2.31. The first kappa shape index (κ1) is 26.1. The van der Waals surface area contributed by atoms with Crippen LogP contribution in [0.5, 0.6) is 11.6 Å². The number of nitrogens with zero attached hydrogens (tertiary/aromatic N) is 4. The summed E-state index contributed by atoms with van der Waals surface area (Å²) in [4.78, 5) is 37.9. The van der Waals surface area contributed by atoms with E-state index < -0.39 is 0 Å². The van der Waals surface area contributed by atoms with Crippen LogP contribution in [-0.4, -0.2) is 78.4 Å². The normalized spacial score (nSPS) is 14.2. The van der Waals surface area contributed by atoms with E-state index in [-0.39, 0.29) is 11.8 Å². The van der Waals surface area contributed by atoms with Crippen LogP contribution in [0, 0.1) is 6.92 Å². The number of nitrogens with one attached hydrogen (secondary N) is 3. The fraction of sp³-hybridized carbons (Fsp3) is 0.286. The lowest BCUT2D eigenvalue weighted by molar-refractivity contribution is -0.117. The predicted molar refractivity (Wildman–Crippen MR) is 149 cm³/mol. The molecule has 2 aromatic carbocycles. The molecule has 39 heavy (non-hydrogen) atoms. The van der Waals surface area contributed by atoms with Crippen molar-refractivity contribution in [1.82, 2.24) is 25.1 Å². The van der Waals surface area contributed by atoms with Gasteiger partial charge in [-0.1, -0.05) is 6.07 Å². The number of carbonyl (C=O) groups is 2. The number of amides is 2. The van der Waals surface area contributed by atoms with E-state index in [9.17, 15) is 9.59 Å². The molecule has 0 bridgehead atoms. The molecule has 2 aromatic heterocycles. The van der Waals surface area contributed by atoms with E-state index in [1.807, 2.05) is 24.3 Å². The smallest absolute Gasteiger partial charge is 0.255 e. The molecule has 11 heteroatoms. The Morgan fingerprint density at radius 3 is 2.64 bits per heavy atom. The number of aryl methyl sites for hydroxylation is 1. The Hall–Kier alpha value is -4.48. The van der Waals surface area contributed by atoms with Crippen molar-refractivity contribution in [2.75, 3.05) is 57.5 Å². The molecule has 3 heterocycles. The topological polar surface area (TPSA) is 125 Å². The Morgan fingerprint density at radius 2 is 1.85 bits per heavy atom. The van der Waals surface area contributed by atoms with Crippen LogP contribution in [0.1, 0.15) is 16.1 Å². The number of ether oxygens (including phenoxy) is 1. The number of piperazine rings is 1. The summed E-state index contributed by atoms with van der Waals surface area (Å²) in [5.74, 6) is 1.46. The Kier molecular flexibility index (Phi) is 7.71. The van der Waals surface area contributed by atoms with E-state index in [2.05, 4.69) is 42.8 Å². The minimum absolute atomic E-state index is 0.0467. The molecule has 0 unspecified atom stereocenters. The Bertz CT molecular complexity index is 1490. The largest absolute Gasteiger partial charge is 0.460 e. The molecule has 3 N–H and O–H groups in total. The molecule has 0 saturated carbocycles. The van der Waals surface area contributed by atoms with Gasteiger partial charge in [0.05, 0.1) is 12.1 Å². The first-order chi connectivity index (χ1) is 18.9. The molecule has 0 aliphatic carbocycles. The second-order valence-electron chi connectivity index (χ2n) is 9.42. The van der Waals surface area contributed by atoms with Gasteiger partial charge in [-0.3, -0.25) is 14.5 Å². The molecular weight excluding hydrogens is 498 g/mol. The Labute approximate surface area is 226 Å². The highest BCUT2D eigenvalue weighted by atomic mass is 16.5. The quantitative estimate of drug-likeness (QED) is 0.314. The van der Waals surface area contributed by atoms with Crippen LogP contribution in [0.4, 0.5) is 17.3 Å². The minimum Gasteiger partial charge on any atom is -0.460 e. The highest BCUT2D eigenvalue weighted by Gasteiger charge is 2.18. The van der Waals surface area contributed by atoms with Gasteiger partial charge in [-0.05, 0) is 44.3 Å². The molecule has 2 amide bonds. The minimum atomic E-state index is -0.204. The fourth-order valence-electron chi connectivity index (χ4n) is 4.46. The Morgan fingerprint density at radius 1 is 1.05 bits per heavy atom. The molecule has 202 valence electrons. The average molecular weight is 530 g/mol. The van der Waals surface area contributed by atoms with Crippen LogP contribution in [-0.2, 0) is 4.79 Å². The number of furan rings is 1.